The van der Waals surface area contributed by atoms with Crippen molar-refractivity contribution in [1.29, 1.82) is 0 Å². The molecular weight excluding hydrogens is 821 g/mol. The average Bonchev–Trinajstić information content (AvgIpc) is 3.98. The van der Waals surface area contributed by atoms with Gasteiger partial charge in [0.2, 0.25) is 5.91 Å². The first-order chi connectivity index (χ1) is 28.0. The van der Waals surface area contributed by atoms with Crippen LogP contribution in [0, 0.1) is 0 Å². The van der Waals surface area contributed by atoms with Crippen LogP contribution in [-0.4, -0.2) is 62.2 Å². The highest BCUT2D eigenvalue weighted by molar-refractivity contribution is 7.19. The molecule has 6 aromatic rings. The quantitative estimate of drug-likeness (QED) is 0.175. The summed E-state index contributed by atoms with van der Waals surface area (Å²) >= 11 is 6.25. The molecule has 2 aliphatic rings. The van der Waals surface area contributed by atoms with Gasteiger partial charge < -0.3 is 30.3 Å². The maximum absolute atomic E-state index is 12.6. The van der Waals surface area contributed by atoms with Gasteiger partial charge in [0, 0.05) is 62.8 Å². The molecule has 0 unspecified atom stereocenters. The zero-order chi connectivity index (χ0) is 42.1. The smallest absolute Gasteiger partial charge is 0.410 e. The summed E-state index contributed by atoms with van der Waals surface area (Å²) in [5.74, 6) is -0.122. The van der Waals surface area contributed by atoms with Crippen LogP contribution in [0.5, 0.6) is 0 Å². The fraction of sp³-hybridized carbons (Fsp3) is 0.341. The van der Waals surface area contributed by atoms with Crippen LogP contribution < -0.4 is 11.1 Å². The van der Waals surface area contributed by atoms with Gasteiger partial charge in [-0.1, -0.05) is 60.7 Å². The SMILES string of the molecule is CC(=O)Nc1sc2c(c1-c1nc(-c3ccccc3)cs1)CCN(C(=O)OC(C)(C)C)C2.CC(C)(C)OC(=O)N1CCc2c(sc(N)c2-c2nc(-c3ccccc3)cs2)C1. The number of nitrogens with zero attached hydrogens (tertiary/aromatic N) is 4. The highest BCUT2D eigenvalue weighted by atomic mass is 32.1. The fourth-order valence-corrected chi connectivity index (χ4v) is 11.2. The number of carbonyl (C=O) groups excluding carboxylic acids is 3. The van der Waals surface area contributed by atoms with Crippen molar-refractivity contribution in [3.8, 4) is 43.7 Å². The number of nitrogens with one attached hydrogen (secondary N) is 1. The molecular formula is C44H48N6O5S4. The predicted octanol–water partition coefficient (Wildman–Crippen LogP) is 11.2. The molecule has 6 heterocycles. The van der Waals surface area contributed by atoms with Crippen molar-refractivity contribution in [2.24, 2.45) is 0 Å². The highest BCUT2D eigenvalue weighted by Crippen LogP contribution is 2.46. The number of rotatable bonds is 5. The third-order valence-corrected chi connectivity index (χ3v) is 13.2. The zero-order valence-corrected chi connectivity index (χ0v) is 37.5. The molecule has 3 amide bonds. The van der Waals surface area contributed by atoms with E-state index in [0.717, 1.165) is 75.4 Å². The lowest BCUT2D eigenvalue weighted by Gasteiger charge is -2.30. The van der Waals surface area contributed by atoms with E-state index < -0.39 is 11.2 Å². The number of thiazole rings is 2. The van der Waals surface area contributed by atoms with Gasteiger partial charge in [-0.3, -0.25) is 4.79 Å². The second kappa shape index (κ2) is 17.3. The number of hydrogen-bond acceptors (Lipinski definition) is 12. The van der Waals surface area contributed by atoms with E-state index in [0.29, 0.717) is 32.6 Å². The summed E-state index contributed by atoms with van der Waals surface area (Å²) in [6, 6.07) is 20.2. The van der Waals surface area contributed by atoms with E-state index in [1.807, 2.05) is 95.5 Å². The summed E-state index contributed by atoms with van der Waals surface area (Å²) in [4.78, 5) is 52.2. The molecule has 59 heavy (non-hydrogen) atoms. The number of hydrogen-bond donors (Lipinski definition) is 2. The van der Waals surface area contributed by atoms with Crippen LogP contribution in [0.15, 0.2) is 71.4 Å². The summed E-state index contributed by atoms with van der Waals surface area (Å²) in [5, 5.41) is 10.5. The van der Waals surface area contributed by atoms with E-state index in [1.165, 1.54) is 23.8 Å². The maximum Gasteiger partial charge on any atom is 0.410 e. The topological polar surface area (TPSA) is 140 Å². The maximum atomic E-state index is 12.6. The lowest BCUT2D eigenvalue weighted by Crippen LogP contribution is -2.39. The largest absolute Gasteiger partial charge is 0.444 e. The Kier molecular flexibility index (Phi) is 12.3. The Morgan fingerprint density at radius 1 is 0.678 bits per heavy atom. The van der Waals surface area contributed by atoms with Crippen LogP contribution in [0.25, 0.3) is 43.7 Å². The molecule has 308 valence electrons. The summed E-state index contributed by atoms with van der Waals surface area (Å²) in [6.45, 7) is 15.0. The minimum atomic E-state index is -0.534. The van der Waals surface area contributed by atoms with Crippen molar-refractivity contribution in [3.63, 3.8) is 0 Å². The number of aromatic nitrogens is 2. The van der Waals surface area contributed by atoms with Crippen molar-refractivity contribution < 1.29 is 23.9 Å². The van der Waals surface area contributed by atoms with E-state index in [2.05, 4.69) is 22.8 Å². The molecule has 0 fully saturated rings. The first-order valence-corrected chi connectivity index (χ1v) is 22.7. The molecule has 0 bridgehead atoms. The Labute approximate surface area is 360 Å². The van der Waals surface area contributed by atoms with Crippen LogP contribution >= 0.6 is 45.3 Å². The number of nitrogens with two attached hydrogens (primary N) is 1. The molecule has 2 aliphatic heterocycles. The van der Waals surface area contributed by atoms with E-state index in [1.54, 1.807) is 43.8 Å². The zero-order valence-electron chi connectivity index (χ0n) is 34.2. The number of nitrogen functional groups attached to an aromatic ring is 1. The van der Waals surface area contributed by atoms with Crippen molar-refractivity contribution in [2.75, 3.05) is 24.1 Å². The summed E-state index contributed by atoms with van der Waals surface area (Å²) in [5.41, 5.74) is 13.8. The minimum absolute atomic E-state index is 0.122. The number of carbonyl (C=O) groups is 3. The molecule has 15 heteroatoms. The van der Waals surface area contributed by atoms with Crippen molar-refractivity contribution in [2.45, 2.75) is 85.6 Å². The van der Waals surface area contributed by atoms with E-state index in [4.69, 9.17) is 25.2 Å². The molecule has 0 spiro atoms. The predicted molar refractivity (Wildman–Crippen MR) is 241 cm³/mol. The van der Waals surface area contributed by atoms with E-state index in [-0.39, 0.29) is 18.1 Å². The lowest BCUT2D eigenvalue weighted by atomic mass is 10.0. The van der Waals surface area contributed by atoms with Gasteiger partial charge >= 0.3 is 12.2 Å². The Morgan fingerprint density at radius 2 is 1.12 bits per heavy atom. The first-order valence-electron chi connectivity index (χ1n) is 19.3. The number of benzene rings is 2. The monoisotopic (exact) mass is 868 g/mol. The third-order valence-electron chi connectivity index (χ3n) is 9.31. The highest BCUT2D eigenvalue weighted by Gasteiger charge is 2.32. The van der Waals surface area contributed by atoms with Crippen molar-refractivity contribution in [1.82, 2.24) is 19.8 Å². The minimum Gasteiger partial charge on any atom is -0.444 e. The Balaban J connectivity index is 0.000000180. The Bertz CT molecular complexity index is 2460. The van der Waals surface area contributed by atoms with Gasteiger partial charge in [0.25, 0.3) is 0 Å². The van der Waals surface area contributed by atoms with Gasteiger partial charge in [0.05, 0.1) is 29.5 Å². The Morgan fingerprint density at radius 3 is 1.58 bits per heavy atom. The summed E-state index contributed by atoms with van der Waals surface area (Å²) in [7, 11) is 0. The van der Waals surface area contributed by atoms with Crippen LogP contribution in [-0.2, 0) is 40.2 Å². The fourth-order valence-electron chi connectivity index (χ4n) is 6.76. The number of amides is 3. The van der Waals surface area contributed by atoms with Crippen molar-refractivity contribution >= 4 is 73.4 Å². The van der Waals surface area contributed by atoms with Crippen LogP contribution in [0.4, 0.5) is 19.6 Å². The third kappa shape index (κ3) is 10.0. The molecule has 0 aliphatic carbocycles. The molecule has 8 rings (SSSR count). The van der Waals surface area contributed by atoms with Crippen LogP contribution in [0.2, 0.25) is 0 Å². The summed E-state index contributed by atoms with van der Waals surface area (Å²) < 4.78 is 11.1. The van der Waals surface area contributed by atoms with Gasteiger partial charge in [-0.05, 0) is 65.5 Å². The molecule has 3 N–H and O–H groups in total. The molecule has 0 radical (unpaired) electrons. The van der Waals surface area contributed by atoms with Gasteiger partial charge in [-0.15, -0.1) is 45.3 Å². The van der Waals surface area contributed by atoms with Gasteiger partial charge in [-0.25, -0.2) is 19.6 Å². The van der Waals surface area contributed by atoms with Crippen LogP contribution in [0.1, 0.15) is 69.3 Å². The van der Waals surface area contributed by atoms with Gasteiger partial charge in [-0.2, -0.15) is 0 Å². The standard InChI is InChI=1S/C23H25N3O3S2.C21H23N3O2S2/c1-14(27)24-21-19(20-25-17(13-30-20)15-8-6-5-7-9-15)16-10-11-26(12-18(16)31-21)22(28)29-23(2,3)4;1-21(2,3)26-20(25)24-10-9-14-16(11-24)28-18(22)17(14)19-23-15(12-27-19)13-7-5-4-6-8-13/h5-9,13H,10-12H2,1-4H3,(H,24,27);4-8,12H,9-11,22H2,1-3H3. The molecule has 4 aromatic heterocycles. The van der Waals surface area contributed by atoms with Gasteiger partial charge in [0.15, 0.2) is 0 Å². The normalized spacial score (nSPS) is 13.8. The van der Waals surface area contributed by atoms with Crippen LogP contribution in [0.3, 0.4) is 0 Å². The number of thiophene rings is 2. The molecule has 2 aromatic carbocycles. The number of anilines is 2. The number of fused-ring (bicyclic) bond motifs is 2. The van der Waals surface area contributed by atoms with E-state index in [9.17, 15) is 14.4 Å². The Hall–Kier alpha value is -5.09. The van der Waals surface area contributed by atoms with Crippen molar-refractivity contribution in [3.05, 3.63) is 92.3 Å². The molecule has 0 atom stereocenters. The van der Waals surface area contributed by atoms with Gasteiger partial charge in [0.1, 0.15) is 26.2 Å². The lowest BCUT2D eigenvalue weighted by molar-refractivity contribution is -0.114. The second-order valence-corrected chi connectivity index (χ2v) is 20.2. The second-order valence-electron chi connectivity index (χ2n) is 16.2. The first kappa shape index (κ1) is 42.0. The number of ether oxygens (including phenoxy) is 2. The molecule has 0 saturated heterocycles. The average molecular weight is 869 g/mol. The summed E-state index contributed by atoms with van der Waals surface area (Å²) in [6.07, 6.45) is 0.875. The molecule has 11 nitrogen and oxygen atoms in total. The molecule has 0 saturated carbocycles. The van der Waals surface area contributed by atoms with E-state index >= 15 is 0 Å².